The Hall–Kier alpha value is -3.04. The van der Waals surface area contributed by atoms with E-state index in [9.17, 15) is 0 Å². The third kappa shape index (κ3) is 3.07. The van der Waals surface area contributed by atoms with Crippen molar-refractivity contribution in [2.45, 2.75) is 39.0 Å². The molecular formula is C24H28N4O4. The Kier molecular flexibility index (Phi) is 5.52. The number of benzene rings is 2. The van der Waals surface area contributed by atoms with Crippen molar-refractivity contribution in [1.29, 1.82) is 0 Å². The molecule has 168 valence electrons. The van der Waals surface area contributed by atoms with Crippen molar-refractivity contribution in [1.82, 2.24) is 0 Å². The van der Waals surface area contributed by atoms with Gasteiger partial charge in [-0.15, -0.1) is 0 Å². The molecule has 2 aliphatic heterocycles. The van der Waals surface area contributed by atoms with E-state index in [1.54, 1.807) is 12.5 Å². The van der Waals surface area contributed by atoms with E-state index in [4.69, 9.17) is 41.2 Å². The molecule has 0 aliphatic carbocycles. The lowest BCUT2D eigenvalue weighted by Gasteiger charge is -2.15. The summed E-state index contributed by atoms with van der Waals surface area (Å²) in [5.74, 6) is 1.96. The van der Waals surface area contributed by atoms with E-state index in [0.717, 1.165) is 81.7 Å². The second-order valence-electron chi connectivity index (χ2n) is 7.87. The highest BCUT2D eigenvalue weighted by molar-refractivity contribution is 6.01. The van der Waals surface area contributed by atoms with Crippen LogP contribution in [0.3, 0.4) is 0 Å². The van der Waals surface area contributed by atoms with Gasteiger partial charge in [-0.05, 0) is 12.1 Å². The van der Waals surface area contributed by atoms with Crippen molar-refractivity contribution in [2.75, 3.05) is 13.2 Å². The highest BCUT2D eigenvalue weighted by Crippen LogP contribution is 2.44. The van der Waals surface area contributed by atoms with Gasteiger partial charge < -0.3 is 41.2 Å². The number of hydrogen-bond acceptors (Lipinski definition) is 8. The summed E-state index contributed by atoms with van der Waals surface area (Å²) < 4.78 is 22.4. The van der Waals surface area contributed by atoms with Crippen LogP contribution in [0, 0.1) is 0 Å². The normalized spacial score (nSPS) is 14.1. The molecule has 4 aromatic rings. The Bertz CT molecular complexity index is 1110. The molecule has 0 fully saturated rings. The minimum absolute atomic E-state index is 0.422. The van der Waals surface area contributed by atoms with Crippen molar-refractivity contribution in [3.8, 4) is 11.5 Å². The number of ether oxygens (including phenoxy) is 2. The van der Waals surface area contributed by atoms with Crippen LogP contribution in [0.5, 0.6) is 11.5 Å². The Morgan fingerprint density at radius 1 is 0.594 bits per heavy atom. The van der Waals surface area contributed by atoms with Crippen molar-refractivity contribution < 1.29 is 18.3 Å². The van der Waals surface area contributed by atoms with Gasteiger partial charge in [0.15, 0.2) is 0 Å². The van der Waals surface area contributed by atoms with Crippen molar-refractivity contribution >= 4 is 21.9 Å². The molecule has 0 atom stereocenters. The van der Waals surface area contributed by atoms with Crippen LogP contribution in [0.15, 0.2) is 33.5 Å². The third-order valence-electron chi connectivity index (χ3n) is 6.37. The fourth-order valence-corrected chi connectivity index (χ4v) is 4.94. The minimum atomic E-state index is 0.422. The van der Waals surface area contributed by atoms with Crippen LogP contribution in [0.25, 0.3) is 21.9 Å². The molecule has 8 N–H and O–H groups in total. The monoisotopic (exact) mass is 436 g/mol. The molecule has 2 aromatic heterocycles. The molecule has 4 heterocycles. The van der Waals surface area contributed by atoms with Gasteiger partial charge in [0, 0.05) is 83.2 Å². The number of furan rings is 2. The molecule has 0 unspecified atom stereocenters. The number of nitrogens with two attached hydrogens (primary N) is 4. The van der Waals surface area contributed by atoms with Gasteiger partial charge >= 0.3 is 0 Å². The van der Waals surface area contributed by atoms with E-state index in [0.29, 0.717) is 26.2 Å². The van der Waals surface area contributed by atoms with Crippen molar-refractivity contribution in [2.24, 2.45) is 22.9 Å². The molecule has 0 bridgehead atoms. The molecule has 2 aromatic carbocycles. The van der Waals surface area contributed by atoms with E-state index in [1.807, 2.05) is 12.1 Å². The Morgan fingerprint density at radius 2 is 1.00 bits per heavy atom. The van der Waals surface area contributed by atoms with Crippen LogP contribution < -0.4 is 32.4 Å². The van der Waals surface area contributed by atoms with Gasteiger partial charge in [0.1, 0.15) is 22.7 Å². The highest BCUT2D eigenvalue weighted by Gasteiger charge is 2.29. The maximum Gasteiger partial charge on any atom is 0.139 e. The molecule has 0 radical (unpaired) electrons. The topological polar surface area (TPSA) is 149 Å². The van der Waals surface area contributed by atoms with Gasteiger partial charge in [-0.25, -0.2) is 0 Å². The lowest BCUT2D eigenvalue weighted by molar-refractivity contribution is 0.352. The second-order valence-corrected chi connectivity index (χ2v) is 7.87. The first-order valence-electron chi connectivity index (χ1n) is 10.9. The molecule has 6 rings (SSSR count). The largest absolute Gasteiger partial charge is 0.493 e. The average Bonchev–Trinajstić information content (AvgIpc) is 3.61. The molecule has 8 heteroatoms. The zero-order valence-electron chi connectivity index (χ0n) is 17.9. The van der Waals surface area contributed by atoms with Crippen molar-refractivity contribution in [3.05, 3.63) is 58.0 Å². The summed E-state index contributed by atoms with van der Waals surface area (Å²) in [6, 6.07) is 3.80. The predicted molar refractivity (Wildman–Crippen MR) is 122 cm³/mol. The van der Waals surface area contributed by atoms with Gasteiger partial charge in [-0.2, -0.15) is 0 Å². The van der Waals surface area contributed by atoms with Crippen molar-refractivity contribution in [3.63, 3.8) is 0 Å². The molecule has 0 spiro atoms. The molecule has 0 saturated heterocycles. The van der Waals surface area contributed by atoms with Gasteiger partial charge in [0.25, 0.3) is 0 Å². The highest BCUT2D eigenvalue weighted by atomic mass is 16.5. The van der Waals surface area contributed by atoms with E-state index in [2.05, 4.69) is 0 Å². The van der Waals surface area contributed by atoms with E-state index in [1.165, 1.54) is 11.1 Å². The first kappa shape index (κ1) is 20.8. The van der Waals surface area contributed by atoms with E-state index in [-0.39, 0.29) is 0 Å². The van der Waals surface area contributed by atoms with Crippen LogP contribution in [0.1, 0.15) is 33.4 Å². The summed E-state index contributed by atoms with van der Waals surface area (Å²) >= 11 is 0. The fourth-order valence-electron chi connectivity index (χ4n) is 4.94. The van der Waals surface area contributed by atoms with Gasteiger partial charge in [0.05, 0.1) is 25.7 Å². The maximum absolute atomic E-state index is 5.82. The standard InChI is InChI=1S/C12H16N2O2.C12H12N2O2/c2*13-5-9-7-1-3-15-11(7)10(6-14)8-2-4-16-12(8)9/h1-6,13-14H2;1-4H,5-6,13-14H2. The zero-order chi connectivity index (χ0) is 22.2. The SMILES string of the molecule is NCc1c2c(c(CN)c3c1OCC3)OCC2.NCc1c2ccoc2c(CN)c2ccoc12. The fraction of sp³-hybridized carbons (Fsp3) is 0.333. The Labute approximate surface area is 185 Å². The van der Waals surface area contributed by atoms with Gasteiger partial charge in [-0.3, -0.25) is 0 Å². The summed E-state index contributed by atoms with van der Waals surface area (Å²) in [5, 5.41) is 1.98. The van der Waals surface area contributed by atoms with E-state index >= 15 is 0 Å². The number of fused-ring (bicyclic) bond motifs is 4. The van der Waals surface area contributed by atoms with E-state index < -0.39 is 0 Å². The quantitative estimate of drug-likeness (QED) is 0.381. The summed E-state index contributed by atoms with van der Waals surface area (Å²) in [7, 11) is 0. The Morgan fingerprint density at radius 3 is 1.38 bits per heavy atom. The number of hydrogen-bond donors (Lipinski definition) is 4. The van der Waals surface area contributed by atoms with Crippen LogP contribution in [-0.2, 0) is 39.0 Å². The molecule has 32 heavy (non-hydrogen) atoms. The molecule has 0 saturated carbocycles. The first-order valence-corrected chi connectivity index (χ1v) is 10.9. The summed E-state index contributed by atoms with van der Waals surface area (Å²) in [5.41, 5.74) is 31.4. The summed E-state index contributed by atoms with van der Waals surface area (Å²) in [6.07, 6.45) is 5.15. The van der Waals surface area contributed by atoms with Gasteiger partial charge in [-0.1, -0.05) is 0 Å². The lowest BCUT2D eigenvalue weighted by Crippen LogP contribution is -2.07. The van der Waals surface area contributed by atoms with Crippen LogP contribution in [-0.4, -0.2) is 13.2 Å². The smallest absolute Gasteiger partial charge is 0.139 e. The minimum Gasteiger partial charge on any atom is -0.493 e. The average molecular weight is 437 g/mol. The Balaban J connectivity index is 0.000000135. The summed E-state index contributed by atoms with van der Waals surface area (Å²) in [4.78, 5) is 0. The third-order valence-corrected chi connectivity index (χ3v) is 6.37. The van der Waals surface area contributed by atoms with Gasteiger partial charge in [0.2, 0.25) is 0 Å². The number of rotatable bonds is 4. The second kappa shape index (κ2) is 8.48. The molecular weight excluding hydrogens is 408 g/mol. The maximum atomic E-state index is 5.82. The van der Waals surface area contributed by atoms with Crippen LogP contribution in [0.4, 0.5) is 0 Å². The van der Waals surface area contributed by atoms with Crippen LogP contribution in [0.2, 0.25) is 0 Å². The molecule has 8 nitrogen and oxygen atoms in total. The first-order chi connectivity index (χ1) is 15.7. The lowest BCUT2D eigenvalue weighted by atomic mass is 9.94. The molecule has 0 amide bonds. The van der Waals surface area contributed by atoms with Crippen LogP contribution >= 0.6 is 0 Å². The predicted octanol–water partition coefficient (Wildman–Crippen LogP) is 2.57. The zero-order valence-corrected chi connectivity index (χ0v) is 17.9. The summed E-state index contributed by atoms with van der Waals surface area (Å²) in [6.45, 7) is 3.34. The molecule has 2 aliphatic rings.